The average Bonchev–Trinajstić information content (AvgIpc) is 3.12. The van der Waals surface area contributed by atoms with Crippen molar-refractivity contribution in [2.24, 2.45) is 0 Å². The van der Waals surface area contributed by atoms with E-state index >= 15 is 0 Å². The molecule has 2 heterocycles. The topological polar surface area (TPSA) is 105 Å². The van der Waals surface area contributed by atoms with Crippen molar-refractivity contribution in [2.75, 3.05) is 44.8 Å². The van der Waals surface area contributed by atoms with Gasteiger partial charge in [0.15, 0.2) is 6.61 Å². The summed E-state index contributed by atoms with van der Waals surface area (Å²) in [7, 11) is 0. The highest BCUT2D eigenvalue weighted by atomic mass is 79.9. The van der Waals surface area contributed by atoms with E-state index in [9.17, 15) is 19.2 Å². The highest BCUT2D eigenvalue weighted by Crippen LogP contribution is 2.34. The molecular formula is C25H24BrN3O6S. The van der Waals surface area contributed by atoms with Crippen LogP contribution in [-0.2, 0) is 19.1 Å². The Labute approximate surface area is 220 Å². The smallest absolute Gasteiger partial charge is 0.294 e. The summed E-state index contributed by atoms with van der Waals surface area (Å²) in [6.07, 6.45) is 1.58. The first-order valence-electron chi connectivity index (χ1n) is 11.2. The maximum absolute atomic E-state index is 12.8. The number of rotatable bonds is 7. The third-order valence-electron chi connectivity index (χ3n) is 5.56. The number of morpholine rings is 1. The van der Waals surface area contributed by atoms with E-state index < -0.39 is 17.1 Å². The number of hydrogen-bond donors (Lipinski definition) is 1. The molecule has 0 radical (unpaired) electrons. The number of nitrogens with zero attached hydrogens (tertiary/aromatic N) is 2. The number of nitrogens with one attached hydrogen (secondary N) is 1. The minimum Gasteiger partial charge on any atom is -0.483 e. The van der Waals surface area contributed by atoms with Crippen LogP contribution in [0.2, 0.25) is 0 Å². The van der Waals surface area contributed by atoms with E-state index in [1.54, 1.807) is 41.3 Å². The van der Waals surface area contributed by atoms with Gasteiger partial charge in [0.1, 0.15) is 12.3 Å². The lowest BCUT2D eigenvalue weighted by molar-refractivity contribution is -0.137. The van der Waals surface area contributed by atoms with Crippen molar-refractivity contribution in [3.05, 3.63) is 63.0 Å². The number of carbonyl (C=O) groups is 4. The fourth-order valence-corrected chi connectivity index (χ4v) is 4.95. The van der Waals surface area contributed by atoms with Gasteiger partial charge in [-0.3, -0.25) is 24.1 Å². The molecule has 0 bridgehead atoms. The first-order valence-corrected chi connectivity index (χ1v) is 12.8. The number of ether oxygens (including phenoxy) is 2. The van der Waals surface area contributed by atoms with Crippen LogP contribution in [0.3, 0.4) is 0 Å². The van der Waals surface area contributed by atoms with Gasteiger partial charge in [0.05, 0.1) is 22.6 Å². The number of halogens is 1. The number of amides is 4. The van der Waals surface area contributed by atoms with Gasteiger partial charge in [0.25, 0.3) is 17.1 Å². The highest BCUT2D eigenvalue weighted by molar-refractivity contribution is 9.10. The van der Waals surface area contributed by atoms with Crippen LogP contribution in [0.25, 0.3) is 6.08 Å². The van der Waals surface area contributed by atoms with Crippen LogP contribution < -0.4 is 10.1 Å². The molecule has 0 aromatic heterocycles. The standard InChI is InChI=1S/C25H24BrN3O6S/c1-16-4-2-3-5-19(16)27-22(30)14-29-24(32)21(36-25(29)33)13-17-6-7-20(18(26)12-17)35-15-23(31)28-8-10-34-11-9-28/h2-7,12-13H,8-11,14-15H2,1H3,(H,27,30)/b21-13-. The van der Waals surface area contributed by atoms with Crippen LogP contribution >= 0.6 is 27.7 Å². The molecule has 4 amide bonds. The summed E-state index contributed by atoms with van der Waals surface area (Å²) in [5, 5.41) is 2.22. The van der Waals surface area contributed by atoms with Crippen LogP contribution in [0.4, 0.5) is 10.5 Å². The molecule has 2 saturated heterocycles. The number of anilines is 1. The molecule has 0 aliphatic carbocycles. The van der Waals surface area contributed by atoms with E-state index in [1.807, 2.05) is 19.1 Å². The molecule has 2 aromatic rings. The van der Waals surface area contributed by atoms with Crippen LogP contribution in [-0.4, -0.2) is 72.2 Å². The summed E-state index contributed by atoms with van der Waals surface area (Å²) in [5.41, 5.74) is 2.16. The molecule has 188 valence electrons. The summed E-state index contributed by atoms with van der Waals surface area (Å²) >= 11 is 4.21. The van der Waals surface area contributed by atoms with Crippen molar-refractivity contribution in [3.63, 3.8) is 0 Å². The normalized spacial score (nSPS) is 17.0. The quantitative estimate of drug-likeness (QED) is 0.504. The SMILES string of the molecule is Cc1ccccc1NC(=O)CN1C(=O)S/C(=C\c2ccc(OCC(=O)N3CCOCC3)c(Br)c2)C1=O. The molecule has 2 fully saturated rings. The Morgan fingerprint density at radius 2 is 1.92 bits per heavy atom. The molecule has 0 atom stereocenters. The Morgan fingerprint density at radius 1 is 1.17 bits per heavy atom. The maximum atomic E-state index is 12.8. The number of thioether (sulfide) groups is 1. The Kier molecular flexibility index (Phi) is 8.44. The monoisotopic (exact) mass is 573 g/mol. The third-order valence-corrected chi connectivity index (χ3v) is 7.09. The fourth-order valence-electron chi connectivity index (χ4n) is 3.60. The molecule has 1 N–H and O–H groups in total. The zero-order valence-corrected chi connectivity index (χ0v) is 21.9. The second kappa shape index (κ2) is 11.7. The van der Waals surface area contributed by atoms with Gasteiger partial charge in [-0.05, 0) is 70.0 Å². The lowest BCUT2D eigenvalue weighted by atomic mass is 10.2. The van der Waals surface area contributed by atoms with Gasteiger partial charge in [-0.2, -0.15) is 0 Å². The van der Waals surface area contributed by atoms with E-state index in [-0.39, 0.29) is 24.0 Å². The van der Waals surface area contributed by atoms with Gasteiger partial charge in [-0.15, -0.1) is 0 Å². The zero-order valence-electron chi connectivity index (χ0n) is 19.5. The van der Waals surface area contributed by atoms with Crippen LogP contribution in [0, 0.1) is 6.92 Å². The molecule has 36 heavy (non-hydrogen) atoms. The molecule has 4 rings (SSSR count). The van der Waals surface area contributed by atoms with Crippen molar-refractivity contribution in [1.82, 2.24) is 9.80 Å². The number of aryl methyl sites for hydroxylation is 1. The number of hydrogen-bond acceptors (Lipinski definition) is 7. The average molecular weight is 574 g/mol. The molecule has 2 aromatic carbocycles. The number of para-hydroxylation sites is 1. The van der Waals surface area contributed by atoms with Crippen molar-refractivity contribution in [3.8, 4) is 5.75 Å². The zero-order chi connectivity index (χ0) is 25.7. The molecule has 0 unspecified atom stereocenters. The number of benzene rings is 2. The summed E-state index contributed by atoms with van der Waals surface area (Å²) in [4.78, 5) is 52.8. The predicted molar refractivity (Wildman–Crippen MR) is 140 cm³/mol. The minimum atomic E-state index is -0.530. The van der Waals surface area contributed by atoms with Crippen LogP contribution in [0.1, 0.15) is 11.1 Å². The summed E-state index contributed by atoms with van der Waals surface area (Å²) in [5.74, 6) is -0.620. The molecule has 9 nitrogen and oxygen atoms in total. The van der Waals surface area contributed by atoms with Crippen LogP contribution in [0.15, 0.2) is 51.8 Å². The Hall–Kier alpha value is -3.15. The molecular weight excluding hydrogens is 550 g/mol. The van der Waals surface area contributed by atoms with E-state index in [4.69, 9.17) is 9.47 Å². The van der Waals surface area contributed by atoms with E-state index in [1.165, 1.54) is 0 Å². The first kappa shape index (κ1) is 25.9. The molecule has 2 aliphatic heterocycles. The van der Waals surface area contributed by atoms with Gasteiger partial charge in [0.2, 0.25) is 5.91 Å². The van der Waals surface area contributed by atoms with Crippen molar-refractivity contribution in [1.29, 1.82) is 0 Å². The van der Waals surface area contributed by atoms with Crippen molar-refractivity contribution < 1.29 is 28.7 Å². The predicted octanol–water partition coefficient (Wildman–Crippen LogP) is 3.67. The van der Waals surface area contributed by atoms with E-state index in [0.717, 1.165) is 22.2 Å². The maximum Gasteiger partial charge on any atom is 0.294 e. The molecule has 11 heteroatoms. The van der Waals surface area contributed by atoms with Gasteiger partial charge < -0.3 is 19.7 Å². The minimum absolute atomic E-state index is 0.0958. The first-order chi connectivity index (χ1) is 17.3. The summed E-state index contributed by atoms with van der Waals surface area (Å²) < 4.78 is 11.5. The van der Waals surface area contributed by atoms with Gasteiger partial charge >= 0.3 is 0 Å². The number of imide groups is 1. The summed E-state index contributed by atoms with van der Waals surface area (Å²) in [6, 6.07) is 12.4. The van der Waals surface area contributed by atoms with E-state index in [0.29, 0.717) is 47.8 Å². The third kappa shape index (κ3) is 6.34. The lowest BCUT2D eigenvalue weighted by Gasteiger charge is -2.26. The Balaban J connectivity index is 1.36. The Bertz CT molecular complexity index is 1230. The lowest BCUT2D eigenvalue weighted by Crippen LogP contribution is -2.43. The van der Waals surface area contributed by atoms with E-state index in [2.05, 4.69) is 21.2 Å². The fraction of sp³-hybridized carbons (Fsp3) is 0.280. The molecule has 2 aliphatic rings. The van der Waals surface area contributed by atoms with Crippen molar-refractivity contribution >= 4 is 62.4 Å². The van der Waals surface area contributed by atoms with Crippen molar-refractivity contribution in [2.45, 2.75) is 6.92 Å². The van der Waals surface area contributed by atoms with Gasteiger partial charge in [-0.1, -0.05) is 24.3 Å². The van der Waals surface area contributed by atoms with Gasteiger partial charge in [-0.25, -0.2) is 0 Å². The highest BCUT2D eigenvalue weighted by Gasteiger charge is 2.36. The summed E-state index contributed by atoms with van der Waals surface area (Å²) in [6.45, 7) is 3.52. The van der Waals surface area contributed by atoms with Crippen LogP contribution in [0.5, 0.6) is 5.75 Å². The number of carbonyl (C=O) groups excluding carboxylic acids is 4. The van der Waals surface area contributed by atoms with Gasteiger partial charge in [0, 0.05) is 18.8 Å². The largest absolute Gasteiger partial charge is 0.483 e. The molecule has 0 spiro atoms. The second-order valence-corrected chi connectivity index (χ2v) is 9.95. The molecule has 0 saturated carbocycles. The second-order valence-electron chi connectivity index (χ2n) is 8.10. The Morgan fingerprint density at radius 3 is 2.64 bits per heavy atom.